The van der Waals surface area contributed by atoms with Gasteiger partial charge in [0.1, 0.15) is 0 Å². The molecule has 2 nitrogen and oxygen atoms in total. The third kappa shape index (κ3) is 3.23. The summed E-state index contributed by atoms with van der Waals surface area (Å²) < 4.78 is 0. The largest absolute Gasteiger partial charge is 0.289 e. The van der Waals surface area contributed by atoms with E-state index in [1.165, 1.54) is 6.08 Å². The van der Waals surface area contributed by atoms with Crippen molar-refractivity contribution in [2.24, 2.45) is 0 Å². The van der Waals surface area contributed by atoms with Crippen LogP contribution in [0.15, 0.2) is 79.6 Å². The molecule has 0 bridgehead atoms. The molecule has 2 rings (SSSR count). The highest BCUT2D eigenvalue weighted by molar-refractivity contribution is 6.10. The van der Waals surface area contributed by atoms with Crippen LogP contribution in [0.4, 0.5) is 0 Å². The SMILES string of the molecule is C=C/C=C(\C=C)C(=O)c1ccc(-c2ccccc2C)nc1. The van der Waals surface area contributed by atoms with Gasteiger partial charge in [-0.1, -0.05) is 55.7 Å². The van der Waals surface area contributed by atoms with Crippen LogP contribution in [-0.2, 0) is 0 Å². The Morgan fingerprint density at radius 1 is 1.14 bits per heavy atom. The lowest BCUT2D eigenvalue weighted by Crippen LogP contribution is -2.02. The van der Waals surface area contributed by atoms with Gasteiger partial charge in [-0.15, -0.1) is 0 Å². The zero-order chi connectivity index (χ0) is 15.2. The predicted molar refractivity (Wildman–Crippen MR) is 87.2 cm³/mol. The highest BCUT2D eigenvalue weighted by Gasteiger charge is 2.10. The molecule has 0 N–H and O–H groups in total. The molecule has 1 aromatic carbocycles. The van der Waals surface area contributed by atoms with Crippen molar-refractivity contribution < 1.29 is 4.79 Å². The van der Waals surface area contributed by atoms with Gasteiger partial charge in [-0.05, 0) is 24.6 Å². The van der Waals surface area contributed by atoms with E-state index in [0.29, 0.717) is 11.1 Å². The molecule has 0 aliphatic heterocycles. The minimum atomic E-state index is -0.103. The lowest BCUT2D eigenvalue weighted by atomic mass is 10.0. The molecule has 2 heteroatoms. The smallest absolute Gasteiger partial charge is 0.194 e. The van der Waals surface area contributed by atoms with E-state index >= 15 is 0 Å². The summed E-state index contributed by atoms with van der Waals surface area (Å²) in [5.74, 6) is -0.103. The molecule has 0 unspecified atom stereocenters. The topological polar surface area (TPSA) is 30.0 Å². The van der Waals surface area contributed by atoms with Crippen LogP contribution in [0, 0.1) is 6.92 Å². The molecule has 0 amide bonds. The van der Waals surface area contributed by atoms with Crippen LogP contribution >= 0.6 is 0 Å². The second-order valence-corrected chi connectivity index (χ2v) is 4.64. The van der Waals surface area contributed by atoms with Gasteiger partial charge in [-0.2, -0.15) is 0 Å². The first-order valence-electron chi connectivity index (χ1n) is 6.69. The molecule has 0 spiro atoms. The van der Waals surface area contributed by atoms with E-state index in [1.807, 2.05) is 37.3 Å². The number of allylic oxidation sites excluding steroid dienone is 4. The first-order valence-corrected chi connectivity index (χ1v) is 6.69. The van der Waals surface area contributed by atoms with Crippen molar-refractivity contribution in [2.75, 3.05) is 0 Å². The molecule has 0 saturated carbocycles. The average Bonchev–Trinajstić information content (AvgIpc) is 2.52. The summed E-state index contributed by atoms with van der Waals surface area (Å²) in [5.41, 5.74) is 4.14. The van der Waals surface area contributed by atoms with E-state index in [1.54, 1.807) is 24.4 Å². The van der Waals surface area contributed by atoms with Gasteiger partial charge in [0.15, 0.2) is 5.78 Å². The van der Waals surface area contributed by atoms with E-state index in [2.05, 4.69) is 18.1 Å². The van der Waals surface area contributed by atoms with Gasteiger partial charge < -0.3 is 0 Å². The fourth-order valence-electron chi connectivity index (χ4n) is 2.08. The highest BCUT2D eigenvalue weighted by atomic mass is 16.1. The Kier molecular flexibility index (Phi) is 4.62. The number of hydrogen-bond donors (Lipinski definition) is 0. The first-order chi connectivity index (χ1) is 10.2. The number of ketones is 1. The Bertz CT molecular complexity index is 709. The minimum absolute atomic E-state index is 0.103. The lowest BCUT2D eigenvalue weighted by Gasteiger charge is -2.06. The van der Waals surface area contributed by atoms with Gasteiger partial charge in [0, 0.05) is 22.9 Å². The van der Waals surface area contributed by atoms with Crippen LogP contribution < -0.4 is 0 Å². The number of aryl methyl sites for hydroxylation is 1. The lowest BCUT2D eigenvalue weighted by molar-refractivity contribution is 0.103. The van der Waals surface area contributed by atoms with E-state index in [-0.39, 0.29) is 5.78 Å². The second-order valence-electron chi connectivity index (χ2n) is 4.64. The molecular formula is C19H17NO. The monoisotopic (exact) mass is 275 g/mol. The van der Waals surface area contributed by atoms with E-state index in [4.69, 9.17) is 0 Å². The molecule has 1 heterocycles. The number of nitrogens with zero attached hydrogens (tertiary/aromatic N) is 1. The van der Waals surface area contributed by atoms with Gasteiger partial charge in [-0.3, -0.25) is 9.78 Å². The van der Waals surface area contributed by atoms with Gasteiger partial charge in [0.05, 0.1) is 5.69 Å². The molecule has 104 valence electrons. The quantitative estimate of drug-likeness (QED) is 0.455. The third-order valence-electron chi connectivity index (χ3n) is 3.23. The maximum Gasteiger partial charge on any atom is 0.194 e. The van der Waals surface area contributed by atoms with Crippen molar-refractivity contribution in [1.29, 1.82) is 0 Å². The summed E-state index contributed by atoms with van der Waals surface area (Å²) in [6, 6.07) is 11.7. The average molecular weight is 275 g/mol. The van der Waals surface area contributed by atoms with Gasteiger partial charge in [-0.25, -0.2) is 0 Å². The van der Waals surface area contributed by atoms with Crippen molar-refractivity contribution in [3.8, 4) is 11.3 Å². The summed E-state index contributed by atoms with van der Waals surface area (Å²) in [7, 11) is 0. The first kappa shape index (κ1) is 14.7. The molecule has 0 atom stereocenters. The number of carbonyl (C=O) groups excluding carboxylic acids is 1. The van der Waals surface area contributed by atoms with Crippen LogP contribution in [0.2, 0.25) is 0 Å². The Morgan fingerprint density at radius 3 is 2.48 bits per heavy atom. The van der Waals surface area contributed by atoms with Crippen molar-refractivity contribution in [1.82, 2.24) is 4.98 Å². The molecule has 0 saturated heterocycles. The molecule has 0 radical (unpaired) electrons. The Labute approximate surface area is 125 Å². The Balaban J connectivity index is 2.34. The summed E-state index contributed by atoms with van der Waals surface area (Å²) in [6.45, 7) is 9.28. The number of hydrogen-bond acceptors (Lipinski definition) is 2. The minimum Gasteiger partial charge on any atom is -0.289 e. The van der Waals surface area contributed by atoms with Crippen LogP contribution in [0.3, 0.4) is 0 Å². The number of benzene rings is 1. The van der Waals surface area contributed by atoms with E-state index < -0.39 is 0 Å². The van der Waals surface area contributed by atoms with Gasteiger partial charge in [0.25, 0.3) is 0 Å². The molecular weight excluding hydrogens is 258 g/mol. The van der Waals surface area contributed by atoms with Crippen molar-refractivity contribution in [2.45, 2.75) is 6.92 Å². The molecule has 21 heavy (non-hydrogen) atoms. The summed E-state index contributed by atoms with van der Waals surface area (Å²) in [4.78, 5) is 16.7. The summed E-state index contributed by atoms with van der Waals surface area (Å²) >= 11 is 0. The third-order valence-corrected chi connectivity index (χ3v) is 3.23. The Hall–Kier alpha value is -2.74. The second kappa shape index (κ2) is 6.62. The van der Waals surface area contributed by atoms with Crippen LogP contribution in [0.1, 0.15) is 15.9 Å². The summed E-state index contributed by atoms with van der Waals surface area (Å²) in [6.07, 6.45) is 6.35. The number of rotatable bonds is 5. The summed E-state index contributed by atoms with van der Waals surface area (Å²) in [5, 5.41) is 0. The van der Waals surface area contributed by atoms with Crippen LogP contribution in [-0.4, -0.2) is 10.8 Å². The fourth-order valence-corrected chi connectivity index (χ4v) is 2.08. The Morgan fingerprint density at radius 2 is 1.90 bits per heavy atom. The van der Waals surface area contributed by atoms with Crippen molar-refractivity contribution in [3.63, 3.8) is 0 Å². The van der Waals surface area contributed by atoms with Gasteiger partial charge >= 0.3 is 0 Å². The van der Waals surface area contributed by atoms with E-state index in [9.17, 15) is 4.79 Å². The molecule has 0 aliphatic carbocycles. The number of carbonyl (C=O) groups is 1. The van der Waals surface area contributed by atoms with Crippen molar-refractivity contribution >= 4 is 5.78 Å². The molecule has 0 fully saturated rings. The molecule has 1 aromatic heterocycles. The molecule has 2 aromatic rings. The normalized spacial score (nSPS) is 11.0. The highest BCUT2D eigenvalue weighted by Crippen LogP contribution is 2.21. The zero-order valence-corrected chi connectivity index (χ0v) is 12.0. The number of pyridine rings is 1. The van der Waals surface area contributed by atoms with E-state index in [0.717, 1.165) is 16.8 Å². The van der Waals surface area contributed by atoms with Gasteiger partial charge in [0.2, 0.25) is 0 Å². The number of aromatic nitrogens is 1. The molecule has 0 aliphatic rings. The number of Topliss-reactive ketones (excluding diaryl/α,β-unsaturated/α-hetero) is 1. The fraction of sp³-hybridized carbons (Fsp3) is 0.0526. The maximum atomic E-state index is 12.3. The van der Waals surface area contributed by atoms with Crippen LogP contribution in [0.25, 0.3) is 11.3 Å². The van der Waals surface area contributed by atoms with Crippen molar-refractivity contribution in [3.05, 3.63) is 90.7 Å². The van der Waals surface area contributed by atoms with Crippen LogP contribution in [0.5, 0.6) is 0 Å². The predicted octanol–water partition coefficient (Wildman–Crippen LogP) is 4.54. The zero-order valence-electron chi connectivity index (χ0n) is 12.0. The standard InChI is InChI=1S/C19H17NO/c1-4-8-15(5-2)19(21)16-11-12-18(20-13-16)17-10-7-6-9-14(17)3/h4-13H,1-2H2,3H3/b15-8+. The maximum absolute atomic E-state index is 12.3.